The molecule has 0 bridgehead atoms. The van der Waals surface area contributed by atoms with Crippen LogP contribution < -0.4 is 11.0 Å². The van der Waals surface area contributed by atoms with Crippen LogP contribution in [0.3, 0.4) is 0 Å². The van der Waals surface area contributed by atoms with Crippen molar-refractivity contribution in [1.29, 1.82) is 0 Å². The van der Waals surface area contributed by atoms with Gasteiger partial charge in [0.15, 0.2) is 0 Å². The third-order valence-corrected chi connectivity index (χ3v) is 3.59. The minimum Gasteiger partial charge on any atom is -0.312 e. The molecule has 1 N–H and O–H groups in total. The van der Waals surface area contributed by atoms with Gasteiger partial charge in [0, 0.05) is 25.5 Å². The normalized spacial score (nSPS) is 12.6. The SMILES string of the molecule is CCCn1ccn(CC(NC)c2ccc(C)cc2)c1=O. The predicted octanol–water partition coefficient (Wildman–Crippen LogP) is 2.33. The second-order valence-corrected chi connectivity index (χ2v) is 5.18. The Morgan fingerprint density at radius 2 is 1.80 bits per heavy atom. The first-order chi connectivity index (χ1) is 9.65. The zero-order valence-electron chi connectivity index (χ0n) is 12.5. The Balaban J connectivity index is 2.18. The van der Waals surface area contributed by atoms with Crippen LogP contribution >= 0.6 is 0 Å². The predicted molar refractivity (Wildman–Crippen MR) is 82.0 cm³/mol. The number of rotatable bonds is 6. The molecule has 4 heteroatoms. The second kappa shape index (κ2) is 6.57. The van der Waals surface area contributed by atoms with Gasteiger partial charge in [-0.2, -0.15) is 0 Å². The zero-order chi connectivity index (χ0) is 14.5. The maximum atomic E-state index is 12.2. The molecule has 1 aromatic heterocycles. The lowest BCUT2D eigenvalue weighted by molar-refractivity contribution is 0.482. The molecule has 2 aromatic rings. The van der Waals surface area contributed by atoms with Gasteiger partial charge in [-0.05, 0) is 26.0 Å². The highest BCUT2D eigenvalue weighted by Crippen LogP contribution is 2.15. The van der Waals surface area contributed by atoms with E-state index in [1.807, 2.05) is 19.4 Å². The lowest BCUT2D eigenvalue weighted by atomic mass is 10.1. The lowest BCUT2D eigenvalue weighted by Crippen LogP contribution is -2.29. The summed E-state index contributed by atoms with van der Waals surface area (Å²) in [5.74, 6) is 0. The summed E-state index contributed by atoms with van der Waals surface area (Å²) in [6.07, 6.45) is 4.71. The van der Waals surface area contributed by atoms with Crippen LogP contribution in [0.4, 0.5) is 0 Å². The topological polar surface area (TPSA) is 39.0 Å². The van der Waals surface area contributed by atoms with E-state index >= 15 is 0 Å². The van der Waals surface area contributed by atoms with Crippen molar-refractivity contribution in [3.8, 4) is 0 Å². The van der Waals surface area contributed by atoms with E-state index in [0.717, 1.165) is 13.0 Å². The molecule has 4 nitrogen and oxygen atoms in total. The Morgan fingerprint density at radius 3 is 2.40 bits per heavy atom. The molecule has 0 aliphatic rings. The average Bonchev–Trinajstić information content (AvgIpc) is 2.79. The van der Waals surface area contributed by atoms with E-state index in [1.54, 1.807) is 9.13 Å². The number of aromatic nitrogens is 2. The minimum absolute atomic E-state index is 0.0687. The molecule has 1 unspecified atom stereocenters. The van der Waals surface area contributed by atoms with Crippen molar-refractivity contribution >= 4 is 0 Å². The molecule has 1 atom stereocenters. The van der Waals surface area contributed by atoms with E-state index in [2.05, 4.69) is 43.4 Å². The van der Waals surface area contributed by atoms with Crippen LogP contribution in [0.2, 0.25) is 0 Å². The Labute approximate surface area is 120 Å². The summed E-state index contributed by atoms with van der Waals surface area (Å²) in [5, 5.41) is 3.29. The van der Waals surface area contributed by atoms with Gasteiger partial charge in [0.2, 0.25) is 0 Å². The number of nitrogens with one attached hydrogen (secondary N) is 1. The number of hydrogen-bond acceptors (Lipinski definition) is 2. The minimum atomic E-state index is 0.0687. The van der Waals surface area contributed by atoms with Crippen molar-refractivity contribution in [1.82, 2.24) is 14.5 Å². The molecule has 0 amide bonds. The van der Waals surface area contributed by atoms with Crippen LogP contribution in [0.25, 0.3) is 0 Å². The van der Waals surface area contributed by atoms with Crippen LogP contribution in [-0.4, -0.2) is 16.2 Å². The molecule has 2 rings (SSSR count). The van der Waals surface area contributed by atoms with Gasteiger partial charge in [-0.15, -0.1) is 0 Å². The molecule has 20 heavy (non-hydrogen) atoms. The monoisotopic (exact) mass is 273 g/mol. The lowest BCUT2D eigenvalue weighted by Gasteiger charge is -2.17. The number of benzene rings is 1. The van der Waals surface area contributed by atoms with Crippen molar-refractivity contribution in [3.05, 3.63) is 58.3 Å². The summed E-state index contributed by atoms with van der Waals surface area (Å²) in [6, 6.07) is 8.58. The third kappa shape index (κ3) is 3.20. The molecular weight excluding hydrogens is 250 g/mol. The molecule has 108 valence electrons. The van der Waals surface area contributed by atoms with E-state index in [1.165, 1.54) is 11.1 Å². The first kappa shape index (κ1) is 14.6. The fourth-order valence-corrected chi connectivity index (χ4v) is 2.36. The molecule has 1 aromatic carbocycles. The van der Waals surface area contributed by atoms with E-state index in [9.17, 15) is 4.79 Å². The molecule has 1 heterocycles. The zero-order valence-corrected chi connectivity index (χ0v) is 12.5. The van der Waals surface area contributed by atoms with Crippen LogP contribution in [0.1, 0.15) is 30.5 Å². The number of aryl methyl sites for hydroxylation is 2. The van der Waals surface area contributed by atoms with Crippen LogP contribution in [0, 0.1) is 6.92 Å². The first-order valence-electron chi connectivity index (χ1n) is 7.15. The third-order valence-electron chi connectivity index (χ3n) is 3.59. The molecule has 0 radical (unpaired) electrons. The van der Waals surface area contributed by atoms with Crippen molar-refractivity contribution in [2.24, 2.45) is 0 Å². The number of nitrogens with zero attached hydrogens (tertiary/aromatic N) is 2. The Bertz CT molecular complexity index is 595. The Morgan fingerprint density at radius 1 is 1.15 bits per heavy atom. The van der Waals surface area contributed by atoms with Gasteiger partial charge >= 0.3 is 5.69 Å². The quantitative estimate of drug-likeness (QED) is 0.877. The van der Waals surface area contributed by atoms with Crippen LogP contribution in [0.5, 0.6) is 0 Å². The maximum Gasteiger partial charge on any atom is 0.328 e. The fraction of sp³-hybridized carbons (Fsp3) is 0.438. The fourth-order valence-electron chi connectivity index (χ4n) is 2.36. The Kier molecular flexibility index (Phi) is 4.79. The van der Waals surface area contributed by atoms with Crippen molar-refractivity contribution < 1.29 is 0 Å². The number of likely N-dealkylation sites (N-methyl/N-ethyl adjacent to an activating group) is 1. The standard InChI is InChI=1S/C16H23N3O/c1-4-9-18-10-11-19(16(18)20)12-15(17-3)14-7-5-13(2)6-8-14/h5-8,10-11,15,17H,4,9,12H2,1-3H3. The molecule has 0 saturated heterocycles. The highest BCUT2D eigenvalue weighted by Gasteiger charge is 2.12. The van der Waals surface area contributed by atoms with Crippen LogP contribution in [-0.2, 0) is 13.1 Å². The summed E-state index contributed by atoms with van der Waals surface area (Å²) in [5.41, 5.74) is 2.52. The van der Waals surface area contributed by atoms with E-state index < -0.39 is 0 Å². The maximum absolute atomic E-state index is 12.2. The highest BCUT2D eigenvalue weighted by atomic mass is 16.1. The van der Waals surface area contributed by atoms with Crippen LogP contribution in [0.15, 0.2) is 41.5 Å². The van der Waals surface area contributed by atoms with E-state index in [0.29, 0.717) is 6.54 Å². The van der Waals surface area contributed by atoms with Gasteiger partial charge in [0.05, 0.1) is 6.04 Å². The average molecular weight is 273 g/mol. The smallest absolute Gasteiger partial charge is 0.312 e. The Hall–Kier alpha value is -1.81. The molecule has 0 aliphatic heterocycles. The molecule has 0 fully saturated rings. The van der Waals surface area contributed by atoms with Crippen molar-refractivity contribution in [2.75, 3.05) is 7.05 Å². The second-order valence-electron chi connectivity index (χ2n) is 5.18. The summed E-state index contributed by atoms with van der Waals surface area (Å²) in [4.78, 5) is 12.2. The number of imidazole rings is 1. The largest absolute Gasteiger partial charge is 0.328 e. The summed E-state index contributed by atoms with van der Waals surface area (Å²) in [6.45, 7) is 5.58. The number of hydrogen-bond donors (Lipinski definition) is 1. The molecule has 0 aliphatic carbocycles. The van der Waals surface area contributed by atoms with Crippen molar-refractivity contribution in [2.45, 2.75) is 39.4 Å². The van der Waals surface area contributed by atoms with Gasteiger partial charge in [0.1, 0.15) is 0 Å². The molecule has 0 spiro atoms. The summed E-state index contributed by atoms with van der Waals surface area (Å²) in [7, 11) is 1.93. The van der Waals surface area contributed by atoms with E-state index in [-0.39, 0.29) is 11.7 Å². The van der Waals surface area contributed by atoms with Gasteiger partial charge in [-0.25, -0.2) is 4.79 Å². The van der Waals surface area contributed by atoms with Gasteiger partial charge in [0.25, 0.3) is 0 Å². The van der Waals surface area contributed by atoms with Crippen molar-refractivity contribution in [3.63, 3.8) is 0 Å². The summed E-state index contributed by atoms with van der Waals surface area (Å²) >= 11 is 0. The highest BCUT2D eigenvalue weighted by molar-refractivity contribution is 5.24. The first-order valence-corrected chi connectivity index (χ1v) is 7.15. The van der Waals surface area contributed by atoms with Gasteiger partial charge in [-0.1, -0.05) is 36.8 Å². The molecule has 0 saturated carbocycles. The molecular formula is C16H23N3O. The van der Waals surface area contributed by atoms with E-state index in [4.69, 9.17) is 0 Å². The van der Waals surface area contributed by atoms with Gasteiger partial charge in [-0.3, -0.25) is 9.13 Å². The summed E-state index contributed by atoms with van der Waals surface area (Å²) < 4.78 is 3.54. The van der Waals surface area contributed by atoms with Gasteiger partial charge < -0.3 is 5.32 Å².